The predicted octanol–water partition coefficient (Wildman–Crippen LogP) is 1.44. The van der Waals surface area contributed by atoms with E-state index >= 15 is 0 Å². The Kier molecular flexibility index (Phi) is 3.39. The van der Waals surface area contributed by atoms with E-state index in [9.17, 15) is 10.1 Å². The summed E-state index contributed by atoms with van der Waals surface area (Å²) in [5.41, 5.74) is 2.31. The molecule has 0 spiro atoms. The van der Waals surface area contributed by atoms with E-state index in [4.69, 9.17) is 5.84 Å². The molecule has 3 N–H and O–H groups in total. The predicted molar refractivity (Wildman–Crippen MR) is 74.2 cm³/mol. The molecule has 1 aromatic rings. The summed E-state index contributed by atoms with van der Waals surface area (Å²) < 4.78 is 0. The number of fused-ring (bicyclic) bond motifs is 1. The third kappa shape index (κ3) is 2.15. The van der Waals surface area contributed by atoms with Gasteiger partial charge in [0.15, 0.2) is 0 Å². The van der Waals surface area contributed by atoms with Crippen molar-refractivity contribution in [3.63, 3.8) is 0 Å². The van der Waals surface area contributed by atoms with E-state index in [1.54, 1.807) is 0 Å². The monoisotopic (exact) mass is 278 g/mol. The van der Waals surface area contributed by atoms with Gasteiger partial charge in [0.1, 0.15) is 6.20 Å². The first-order valence-corrected chi connectivity index (χ1v) is 6.95. The molecule has 2 atom stereocenters. The minimum absolute atomic E-state index is 0.0461. The Hall–Kier alpha value is -1.96. The Balaban J connectivity index is 1.97. The molecule has 20 heavy (non-hydrogen) atoms. The van der Waals surface area contributed by atoms with Crippen LogP contribution in [0.4, 0.5) is 17.5 Å². The molecular formula is C12H18N6O2. The second-order valence-corrected chi connectivity index (χ2v) is 5.40. The van der Waals surface area contributed by atoms with Crippen LogP contribution in [0.2, 0.25) is 0 Å². The summed E-state index contributed by atoms with van der Waals surface area (Å²) in [6.45, 7) is 0.817. The molecule has 1 aliphatic heterocycles. The van der Waals surface area contributed by atoms with Crippen molar-refractivity contribution >= 4 is 17.5 Å². The first-order valence-electron chi connectivity index (χ1n) is 6.95. The molecule has 1 aromatic heterocycles. The lowest BCUT2D eigenvalue weighted by Gasteiger charge is -2.32. The number of nitrogens with two attached hydrogens (primary N) is 1. The molecule has 0 radical (unpaired) electrons. The van der Waals surface area contributed by atoms with Crippen LogP contribution in [0.15, 0.2) is 6.20 Å². The van der Waals surface area contributed by atoms with Crippen LogP contribution in [-0.4, -0.2) is 27.5 Å². The third-order valence-corrected chi connectivity index (χ3v) is 4.36. The molecule has 1 aliphatic carbocycles. The third-order valence-electron chi connectivity index (χ3n) is 4.36. The molecule has 8 heteroatoms. The summed E-state index contributed by atoms with van der Waals surface area (Å²) in [6.07, 6.45) is 7.04. The molecule has 2 heterocycles. The molecule has 3 rings (SSSR count). The maximum absolute atomic E-state index is 11.2. The van der Waals surface area contributed by atoms with Crippen LogP contribution in [0.5, 0.6) is 0 Å². The number of anilines is 2. The molecule has 108 valence electrons. The SMILES string of the molecule is NNc1ncc([N+](=O)[O-])c(N2CCC3CCCCC32)n1. The fourth-order valence-electron chi connectivity index (χ4n) is 3.44. The Morgan fingerprint density at radius 3 is 2.95 bits per heavy atom. The highest BCUT2D eigenvalue weighted by Crippen LogP contribution is 2.40. The van der Waals surface area contributed by atoms with Crippen LogP contribution < -0.4 is 16.2 Å². The van der Waals surface area contributed by atoms with Crippen molar-refractivity contribution in [3.05, 3.63) is 16.3 Å². The summed E-state index contributed by atoms with van der Waals surface area (Å²) >= 11 is 0. The highest BCUT2D eigenvalue weighted by molar-refractivity contribution is 5.60. The van der Waals surface area contributed by atoms with E-state index in [1.165, 1.54) is 25.5 Å². The Morgan fingerprint density at radius 2 is 2.20 bits per heavy atom. The van der Waals surface area contributed by atoms with Crippen molar-refractivity contribution in [2.45, 2.75) is 38.1 Å². The van der Waals surface area contributed by atoms with Gasteiger partial charge in [-0.15, -0.1) is 0 Å². The van der Waals surface area contributed by atoms with E-state index in [1.807, 2.05) is 0 Å². The largest absolute Gasteiger partial charge is 0.347 e. The summed E-state index contributed by atoms with van der Waals surface area (Å²) in [6, 6.07) is 0.364. The number of aromatic nitrogens is 2. The molecule has 0 amide bonds. The number of nitrogens with zero attached hydrogens (tertiary/aromatic N) is 4. The van der Waals surface area contributed by atoms with E-state index < -0.39 is 4.92 Å². The topological polar surface area (TPSA) is 110 Å². The van der Waals surface area contributed by atoms with Gasteiger partial charge in [-0.25, -0.2) is 10.8 Å². The average molecular weight is 278 g/mol. The van der Waals surface area contributed by atoms with Crippen molar-refractivity contribution < 1.29 is 4.92 Å². The number of hydrogen-bond acceptors (Lipinski definition) is 7. The van der Waals surface area contributed by atoms with Gasteiger partial charge in [-0.2, -0.15) is 4.98 Å². The normalized spacial score (nSPS) is 25.4. The number of nitro groups is 1. The van der Waals surface area contributed by atoms with Crippen LogP contribution in [0, 0.1) is 16.0 Å². The van der Waals surface area contributed by atoms with Crippen molar-refractivity contribution in [1.82, 2.24) is 9.97 Å². The van der Waals surface area contributed by atoms with Gasteiger partial charge in [-0.05, 0) is 25.2 Å². The minimum Gasteiger partial charge on any atom is -0.347 e. The molecule has 8 nitrogen and oxygen atoms in total. The van der Waals surface area contributed by atoms with Gasteiger partial charge in [0.05, 0.1) is 4.92 Å². The van der Waals surface area contributed by atoms with Crippen LogP contribution in [-0.2, 0) is 0 Å². The van der Waals surface area contributed by atoms with Crippen molar-refractivity contribution in [2.75, 3.05) is 16.9 Å². The van der Waals surface area contributed by atoms with Gasteiger partial charge in [-0.3, -0.25) is 15.5 Å². The van der Waals surface area contributed by atoms with Crippen LogP contribution in [0.25, 0.3) is 0 Å². The quantitative estimate of drug-likeness (QED) is 0.489. The number of hydrazine groups is 1. The zero-order valence-corrected chi connectivity index (χ0v) is 11.2. The highest BCUT2D eigenvalue weighted by atomic mass is 16.6. The molecule has 2 fully saturated rings. The highest BCUT2D eigenvalue weighted by Gasteiger charge is 2.39. The van der Waals surface area contributed by atoms with Gasteiger partial charge in [0.25, 0.3) is 0 Å². The van der Waals surface area contributed by atoms with Crippen molar-refractivity contribution in [3.8, 4) is 0 Å². The summed E-state index contributed by atoms with van der Waals surface area (Å²) in [4.78, 5) is 20.9. The van der Waals surface area contributed by atoms with Gasteiger partial charge in [0.2, 0.25) is 11.8 Å². The minimum atomic E-state index is -0.425. The maximum atomic E-state index is 11.2. The number of rotatable bonds is 3. The summed E-state index contributed by atoms with van der Waals surface area (Å²) in [5, 5.41) is 11.2. The summed E-state index contributed by atoms with van der Waals surface area (Å²) in [7, 11) is 0. The van der Waals surface area contributed by atoms with Gasteiger partial charge in [0, 0.05) is 12.6 Å². The molecule has 1 saturated heterocycles. The number of nitrogen functional groups attached to an aromatic ring is 1. The Labute approximate surface area is 116 Å². The van der Waals surface area contributed by atoms with E-state index in [2.05, 4.69) is 20.3 Å². The van der Waals surface area contributed by atoms with Gasteiger partial charge in [-0.1, -0.05) is 12.8 Å². The van der Waals surface area contributed by atoms with E-state index in [-0.39, 0.29) is 11.6 Å². The average Bonchev–Trinajstić information content (AvgIpc) is 2.90. The van der Waals surface area contributed by atoms with E-state index in [0.717, 1.165) is 19.4 Å². The lowest BCUT2D eigenvalue weighted by atomic mass is 9.85. The fraction of sp³-hybridized carbons (Fsp3) is 0.667. The number of nitrogens with one attached hydrogen (secondary N) is 1. The fourth-order valence-corrected chi connectivity index (χ4v) is 3.44. The molecular weight excluding hydrogens is 260 g/mol. The van der Waals surface area contributed by atoms with Crippen LogP contribution in [0.1, 0.15) is 32.1 Å². The lowest BCUT2D eigenvalue weighted by molar-refractivity contribution is -0.384. The standard InChI is InChI=1S/C12H18N6O2/c13-16-12-14-7-10(18(19)20)11(15-12)17-6-5-8-3-1-2-4-9(8)17/h7-9H,1-6,13H2,(H,14,15,16). The summed E-state index contributed by atoms with van der Waals surface area (Å²) in [5.74, 6) is 6.55. The zero-order valence-electron chi connectivity index (χ0n) is 11.2. The second kappa shape index (κ2) is 5.20. The molecule has 0 bridgehead atoms. The molecule has 1 saturated carbocycles. The maximum Gasteiger partial charge on any atom is 0.329 e. The molecule has 2 aliphatic rings. The van der Waals surface area contributed by atoms with Gasteiger partial charge >= 0.3 is 5.69 Å². The zero-order chi connectivity index (χ0) is 14.1. The second-order valence-electron chi connectivity index (χ2n) is 5.40. The Morgan fingerprint density at radius 1 is 1.40 bits per heavy atom. The molecule has 2 unspecified atom stereocenters. The van der Waals surface area contributed by atoms with Crippen LogP contribution in [0.3, 0.4) is 0 Å². The first-order chi connectivity index (χ1) is 9.70. The smallest absolute Gasteiger partial charge is 0.329 e. The van der Waals surface area contributed by atoms with Gasteiger partial charge < -0.3 is 4.90 Å². The first kappa shape index (κ1) is 13.0. The van der Waals surface area contributed by atoms with E-state index in [0.29, 0.717) is 17.8 Å². The lowest BCUT2D eigenvalue weighted by Crippen LogP contribution is -2.36. The number of hydrogen-bond donors (Lipinski definition) is 2. The van der Waals surface area contributed by atoms with Crippen LogP contribution >= 0.6 is 0 Å². The Bertz CT molecular complexity index is 523. The molecule has 0 aromatic carbocycles. The van der Waals surface area contributed by atoms with Crippen molar-refractivity contribution in [1.29, 1.82) is 0 Å². The van der Waals surface area contributed by atoms with Crippen molar-refractivity contribution in [2.24, 2.45) is 11.8 Å².